The molecule has 110 valence electrons. The highest BCUT2D eigenvalue weighted by molar-refractivity contribution is 6.40. The van der Waals surface area contributed by atoms with Gasteiger partial charge >= 0.3 is 7.12 Å². The first-order chi connectivity index (χ1) is 9.24. The zero-order chi connectivity index (χ0) is 15.1. The number of anilines is 2. The van der Waals surface area contributed by atoms with Crippen LogP contribution < -0.4 is 27.2 Å². The van der Waals surface area contributed by atoms with Crippen LogP contribution in [-0.2, 0) is 0 Å². The highest BCUT2D eigenvalue weighted by Crippen LogP contribution is 2.33. The van der Waals surface area contributed by atoms with E-state index < -0.39 is 23.5 Å². The van der Waals surface area contributed by atoms with Crippen molar-refractivity contribution in [3.8, 4) is 0 Å². The lowest BCUT2D eigenvalue weighted by atomic mass is 9.79. The van der Waals surface area contributed by atoms with Crippen molar-refractivity contribution in [3.05, 3.63) is 20.4 Å². The molecule has 7 nitrogen and oxygen atoms in total. The van der Waals surface area contributed by atoms with Crippen molar-refractivity contribution in [2.45, 2.75) is 31.6 Å². The number of rotatable bonds is 5. The Hall–Kier alpha value is -1.38. The summed E-state index contributed by atoms with van der Waals surface area (Å²) in [4.78, 5) is 24.5. The summed E-state index contributed by atoms with van der Waals surface area (Å²) in [6.45, 7) is 2.92. The molecule has 2 rings (SSSR count). The van der Waals surface area contributed by atoms with Gasteiger partial charge in [0.25, 0.3) is 10.9 Å². The van der Waals surface area contributed by atoms with E-state index in [1.165, 1.54) is 0 Å². The van der Waals surface area contributed by atoms with Crippen LogP contribution in [0.4, 0.5) is 11.4 Å². The molecular weight excluding hydrogens is 261 g/mol. The minimum Gasteiger partial charge on any atom is -0.427 e. The quantitative estimate of drug-likeness (QED) is 0.372. The van der Waals surface area contributed by atoms with Gasteiger partial charge in [0.2, 0.25) is 0 Å². The van der Waals surface area contributed by atoms with Gasteiger partial charge in [-0.1, -0.05) is 6.42 Å². The number of hydrogen-bond acceptors (Lipinski definition) is 7. The molecule has 0 amide bonds. The third-order valence-electron chi connectivity index (χ3n) is 4.16. The van der Waals surface area contributed by atoms with Crippen molar-refractivity contribution in [2.75, 3.05) is 23.7 Å². The Bertz CT molecular complexity index is 565. The maximum Gasteiger partial charge on any atom is 0.451 e. The topological polar surface area (TPSA) is 130 Å². The summed E-state index contributed by atoms with van der Waals surface area (Å²) in [5.41, 5.74) is 10.5. The Morgan fingerprint density at radius 2 is 2.05 bits per heavy atom. The maximum absolute atomic E-state index is 11.5. The minimum absolute atomic E-state index is 0.0252. The lowest BCUT2D eigenvalue weighted by Gasteiger charge is -2.25. The molecule has 0 bridgehead atoms. The third-order valence-corrected chi connectivity index (χ3v) is 4.16. The third kappa shape index (κ3) is 2.58. The van der Waals surface area contributed by atoms with Gasteiger partial charge < -0.3 is 26.4 Å². The average Bonchev–Trinajstić information content (AvgIpc) is 2.64. The van der Waals surface area contributed by atoms with Crippen LogP contribution >= 0.6 is 0 Å². The van der Waals surface area contributed by atoms with Gasteiger partial charge in [0, 0.05) is 18.6 Å². The minimum atomic E-state index is -1.30. The maximum atomic E-state index is 11.5. The van der Waals surface area contributed by atoms with Gasteiger partial charge in [-0.25, -0.2) is 0 Å². The van der Waals surface area contributed by atoms with Crippen LogP contribution in [0, 0.1) is 5.92 Å². The van der Waals surface area contributed by atoms with E-state index in [-0.39, 0.29) is 17.3 Å². The summed E-state index contributed by atoms with van der Waals surface area (Å²) in [6.07, 6.45) is 1.68. The van der Waals surface area contributed by atoms with Gasteiger partial charge in [-0.3, -0.25) is 9.59 Å². The molecule has 2 atom stereocenters. The monoisotopic (exact) mass is 281 g/mol. The van der Waals surface area contributed by atoms with Crippen LogP contribution in [0.25, 0.3) is 0 Å². The first-order valence-electron chi connectivity index (χ1n) is 6.73. The van der Waals surface area contributed by atoms with Crippen molar-refractivity contribution in [1.29, 1.82) is 0 Å². The Morgan fingerprint density at radius 3 is 2.60 bits per heavy atom. The van der Waals surface area contributed by atoms with E-state index in [4.69, 9.17) is 21.5 Å². The van der Waals surface area contributed by atoms with Crippen LogP contribution in [-0.4, -0.2) is 35.8 Å². The molecule has 20 heavy (non-hydrogen) atoms. The van der Waals surface area contributed by atoms with Gasteiger partial charge in [-0.2, -0.15) is 0 Å². The number of hydrogen-bond donors (Lipinski definition) is 4. The Kier molecular flexibility index (Phi) is 3.90. The first-order valence-corrected chi connectivity index (χ1v) is 6.73. The number of nitrogen functional groups attached to an aromatic ring is 1. The fourth-order valence-corrected chi connectivity index (χ4v) is 2.93. The number of nitrogens with zero attached hydrogens (tertiary/aromatic N) is 1. The molecular formula is C12H20BN3O4. The largest absolute Gasteiger partial charge is 0.451 e. The molecule has 0 unspecified atom stereocenters. The van der Waals surface area contributed by atoms with Crippen molar-refractivity contribution in [1.82, 2.24) is 0 Å². The first kappa shape index (κ1) is 15.0. The predicted octanol–water partition coefficient (Wildman–Crippen LogP) is -1.73. The zero-order valence-corrected chi connectivity index (χ0v) is 11.5. The predicted molar refractivity (Wildman–Crippen MR) is 78.3 cm³/mol. The number of nitrogens with two attached hydrogens (primary N) is 2. The summed E-state index contributed by atoms with van der Waals surface area (Å²) >= 11 is 0. The second-order valence-corrected chi connectivity index (χ2v) is 5.92. The molecule has 0 aromatic heterocycles. The van der Waals surface area contributed by atoms with Crippen LogP contribution in [0.3, 0.4) is 0 Å². The van der Waals surface area contributed by atoms with Crippen molar-refractivity contribution in [3.63, 3.8) is 0 Å². The Balaban J connectivity index is 2.04. The van der Waals surface area contributed by atoms with Crippen LogP contribution in [0.15, 0.2) is 9.59 Å². The molecule has 0 radical (unpaired) electrons. The summed E-state index contributed by atoms with van der Waals surface area (Å²) < 4.78 is 0. The molecule has 1 heterocycles. The summed E-state index contributed by atoms with van der Waals surface area (Å²) in [6, 6.07) is 0. The smallest absolute Gasteiger partial charge is 0.427 e. The van der Waals surface area contributed by atoms with Crippen molar-refractivity contribution >= 4 is 18.5 Å². The molecule has 8 heteroatoms. The summed E-state index contributed by atoms with van der Waals surface area (Å²) in [5, 5.41) is 17.7. The zero-order valence-electron chi connectivity index (χ0n) is 11.5. The lowest BCUT2D eigenvalue weighted by molar-refractivity contribution is 0.343. The van der Waals surface area contributed by atoms with Gasteiger partial charge in [-0.05, 0) is 25.6 Å². The van der Waals surface area contributed by atoms with Gasteiger partial charge in [0.15, 0.2) is 0 Å². The highest BCUT2D eigenvalue weighted by atomic mass is 16.4. The molecule has 1 fully saturated rings. The van der Waals surface area contributed by atoms with Crippen molar-refractivity contribution in [2.24, 2.45) is 11.7 Å². The Morgan fingerprint density at radius 1 is 1.40 bits per heavy atom. The molecule has 0 spiro atoms. The van der Waals surface area contributed by atoms with E-state index in [9.17, 15) is 9.59 Å². The SMILES string of the molecule is C[C@]1(N)CN(c2c(N)c(=O)c2=O)C[C@@H]1CCCB(O)O. The lowest BCUT2D eigenvalue weighted by Crippen LogP contribution is -2.46. The van der Waals surface area contributed by atoms with Crippen molar-refractivity contribution < 1.29 is 10.0 Å². The second-order valence-electron chi connectivity index (χ2n) is 5.92. The van der Waals surface area contributed by atoms with E-state index in [0.717, 1.165) is 6.42 Å². The molecule has 1 aromatic rings. The normalized spacial score (nSPS) is 26.4. The fraction of sp³-hybridized carbons (Fsp3) is 0.667. The molecule has 1 saturated heterocycles. The van der Waals surface area contributed by atoms with Crippen LogP contribution in [0.1, 0.15) is 19.8 Å². The molecule has 1 aromatic carbocycles. The molecule has 0 aliphatic carbocycles. The van der Waals surface area contributed by atoms with Gasteiger partial charge in [-0.15, -0.1) is 0 Å². The molecule has 1 aliphatic heterocycles. The fourth-order valence-electron chi connectivity index (χ4n) is 2.93. The van der Waals surface area contributed by atoms with E-state index in [2.05, 4.69) is 0 Å². The molecule has 6 N–H and O–H groups in total. The van der Waals surface area contributed by atoms with Crippen LogP contribution in [0.2, 0.25) is 6.32 Å². The van der Waals surface area contributed by atoms with E-state index in [0.29, 0.717) is 25.8 Å². The second kappa shape index (κ2) is 5.19. The summed E-state index contributed by atoms with van der Waals surface area (Å²) in [7, 11) is -1.30. The van der Waals surface area contributed by atoms with E-state index in [1.807, 2.05) is 6.92 Å². The summed E-state index contributed by atoms with van der Waals surface area (Å²) in [5.74, 6) is 0.116. The van der Waals surface area contributed by atoms with E-state index >= 15 is 0 Å². The standard InChI is InChI=1S/C12H20BN3O4/c1-12(15)6-16(9-8(14)10(17)11(9)18)5-7(12)3-2-4-13(19)20/h7,19-20H,2-6,14-15H2,1H3/t7-,12-/m0/s1. The van der Waals surface area contributed by atoms with Crippen LogP contribution in [0.5, 0.6) is 0 Å². The highest BCUT2D eigenvalue weighted by Gasteiger charge is 2.42. The van der Waals surface area contributed by atoms with Gasteiger partial charge in [0.05, 0.1) is 0 Å². The van der Waals surface area contributed by atoms with Gasteiger partial charge in [0.1, 0.15) is 11.4 Å². The Labute approximate surface area is 117 Å². The van der Waals surface area contributed by atoms with E-state index in [1.54, 1.807) is 4.90 Å². The molecule has 0 saturated carbocycles. The molecule has 1 aliphatic rings. The average molecular weight is 281 g/mol.